The van der Waals surface area contributed by atoms with Crippen molar-refractivity contribution in [2.24, 2.45) is 10.7 Å². The second kappa shape index (κ2) is 8.90. The Labute approximate surface area is 175 Å². The fraction of sp³-hybridized carbons (Fsp3) is 0.158. The molecular weight excluding hydrogens is 408 g/mol. The number of carbonyl (C=O) groups excluding carboxylic acids is 4. The van der Waals surface area contributed by atoms with Crippen molar-refractivity contribution in [3.8, 4) is 0 Å². The minimum Gasteiger partial charge on any atom is -0.431 e. The summed E-state index contributed by atoms with van der Waals surface area (Å²) in [6.45, 7) is 1.63. The van der Waals surface area contributed by atoms with Crippen LogP contribution in [-0.4, -0.2) is 48.6 Å². The van der Waals surface area contributed by atoms with Gasteiger partial charge < -0.3 is 30.8 Å². The van der Waals surface area contributed by atoms with Crippen molar-refractivity contribution in [1.29, 1.82) is 0 Å². The first-order valence-electron chi connectivity index (χ1n) is 8.91. The van der Waals surface area contributed by atoms with Gasteiger partial charge in [-0.3, -0.25) is 24.2 Å². The number of hydrogen-bond acceptors (Lipinski definition) is 8. The van der Waals surface area contributed by atoms with E-state index in [0.717, 1.165) is 0 Å². The summed E-state index contributed by atoms with van der Waals surface area (Å²) in [4.78, 5) is 54.3. The molecule has 2 aromatic heterocycles. The highest BCUT2D eigenvalue weighted by molar-refractivity contribution is 6.09. The highest BCUT2D eigenvalue weighted by Gasteiger charge is 2.32. The van der Waals surface area contributed by atoms with E-state index in [2.05, 4.69) is 25.9 Å². The molecule has 12 nitrogen and oxygen atoms in total. The van der Waals surface area contributed by atoms with E-state index < -0.39 is 17.9 Å². The summed E-state index contributed by atoms with van der Waals surface area (Å²) in [6, 6.07) is 2.63. The standard InChI is InChI=1S/C19H18N6O6/c1-9(6-11-13(24-8-27)14(16(20)28)30-18(11)21-2)25-17(29)15-12(23-7-26)10-4-3-5-22-19(10)31-15/h3-9H,1-2H3,(H2,20,28)(H,23,26)(H,24,27)(H,25,29)/b11-6-,21-18?. The number of furan rings is 1. The molecule has 31 heavy (non-hydrogen) atoms. The molecule has 3 heterocycles. The van der Waals surface area contributed by atoms with Gasteiger partial charge in [-0.1, -0.05) is 0 Å². The van der Waals surface area contributed by atoms with Crippen molar-refractivity contribution >= 4 is 47.3 Å². The maximum atomic E-state index is 12.8. The van der Waals surface area contributed by atoms with Crippen LogP contribution in [0.2, 0.25) is 0 Å². The van der Waals surface area contributed by atoms with Crippen LogP contribution < -0.4 is 21.7 Å². The number of amides is 4. The molecule has 0 aliphatic carbocycles. The van der Waals surface area contributed by atoms with Crippen LogP contribution in [0.1, 0.15) is 17.5 Å². The van der Waals surface area contributed by atoms with Gasteiger partial charge in [0.1, 0.15) is 11.4 Å². The van der Waals surface area contributed by atoms with E-state index in [9.17, 15) is 19.2 Å². The van der Waals surface area contributed by atoms with Gasteiger partial charge in [0.05, 0.1) is 11.0 Å². The summed E-state index contributed by atoms with van der Waals surface area (Å²) in [6.07, 6.45) is 3.78. The molecule has 0 saturated heterocycles. The fourth-order valence-corrected chi connectivity index (χ4v) is 2.99. The van der Waals surface area contributed by atoms with E-state index in [-0.39, 0.29) is 40.1 Å². The summed E-state index contributed by atoms with van der Waals surface area (Å²) in [7, 11) is 1.42. The fourth-order valence-electron chi connectivity index (χ4n) is 2.99. The first-order chi connectivity index (χ1) is 14.9. The van der Waals surface area contributed by atoms with E-state index in [1.807, 2.05) is 0 Å². The van der Waals surface area contributed by atoms with Gasteiger partial charge in [-0.15, -0.1) is 0 Å². The molecule has 0 fully saturated rings. The Morgan fingerprint density at radius 3 is 2.65 bits per heavy atom. The quantitative estimate of drug-likeness (QED) is 0.427. The second-order valence-corrected chi connectivity index (χ2v) is 6.23. The lowest BCUT2D eigenvalue weighted by Crippen LogP contribution is -2.32. The summed E-state index contributed by atoms with van der Waals surface area (Å²) >= 11 is 0. The average Bonchev–Trinajstić information content (AvgIpc) is 3.27. The smallest absolute Gasteiger partial charge is 0.289 e. The molecular formula is C19H18N6O6. The topological polar surface area (TPSA) is 178 Å². The largest absolute Gasteiger partial charge is 0.431 e. The SMILES string of the molecule is CN=C1OC(C(N)=O)=C(NC=O)/C1=C/C(C)NC(=O)c1oc2ncccc2c1NC=O. The molecule has 0 aromatic carbocycles. The number of aliphatic imine (C=N–C) groups is 1. The zero-order valence-corrected chi connectivity index (χ0v) is 16.5. The third-order valence-electron chi connectivity index (χ3n) is 4.21. The molecule has 2 aromatic rings. The number of nitrogens with two attached hydrogens (primary N) is 1. The Hall–Kier alpha value is -4.48. The lowest BCUT2D eigenvalue weighted by Gasteiger charge is -2.11. The predicted octanol–water partition coefficient (Wildman–Crippen LogP) is -0.0578. The number of primary amides is 1. The van der Waals surface area contributed by atoms with Crippen molar-refractivity contribution in [2.45, 2.75) is 13.0 Å². The number of rotatable bonds is 8. The molecule has 0 bridgehead atoms. The summed E-state index contributed by atoms with van der Waals surface area (Å²) in [5, 5.41) is 7.94. The Morgan fingerprint density at radius 1 is 1.26 bits per heavy atom. The summed E-state index contributed by atoms with van der Waals surface area (Å²) in [5.41, 5.74) is 5.93. The van der Waals surface area contributed by atoms with E-state index >= 15 is 0 Å². The number of fused-ring (bicyclic) bond motifs is 1. The van der Waals surface area contributed by atoms with E-state index in [4.69, 9.17) is 14.9 Å². The zero-order valence-electron chi connectivity index (χ0n) is 16.5. The van der Waals surface area contributed by atoms with Crippen molar-refractivity contribution in [1.82, 2.24) is 15.6 Å². The normalized spacial score (nSPS) is 16.8. The Morgan fingerprint density at radius 2 is 2.00 bits per heavy atom. The van der Waals surface area contributed by atoms with Gasteiger partial charge in [0, 0.05) is 19.3 Å². The number of nitrogens with one attached hydrogen (secondary N) is 3. The molecule has 1 aliphatic rings. The first-order valence-corrected chi connectivity index (χ1v) is 8.91. The van der Waals surface area contributed by atoms with E-state index in [0.29, 0.717) is 18.2 Å². The van der Waals surface area contributed by atoms with Crippen molar-refractivity contribution in [2.75, 3.05) is 12.4 Å². The molecule has 0 radical (unpaired) electrons. The van der Waals surface area contributed by atoms with Gasteiger partial charge in [0.25, 0.3) is 11.8 Å². The summed E-state index contributed by atoms with van der Waals surface area (Å²) < 4.78 is 10.8. The molecule has 5 N–H and O–H groups in total. The van der Waals surface area contributed by atoms with E-state index in [1.165, 1.54) is 19.3 Å². The van der Waals surface area contributed by atoms with Crippen LogP contribution in [0.4, 0.5) is 5.69 Å². The Bertz CT molecular complexity index is 1160. The van der Waals surface area contributed by atoms with Gasteiger partial charge in [-0.05, 0) is 25.1 Å². The highest BCUT2D eigenvalue weighted by atomic mass is 16.5. The van der Waals surface area contributed by atoms with Gasteiger partial charge in [-0.2, -0.15) is 0 Å². The van der Waals surface area contributed by atoms with Crippen LogP contribution in [-0.2, 0) is 19.1 Å². The molecule has 12 heteroatoms. The highest BCUT2D eigenvalue weighted by Crippen LogP contribution is 2.29. The second-order valence-electron chi connectivity index (χ2n) is 6.23. The monoisotopic (exact) mass is 426 g/mol. The van der Waals surface area contributed by atoms with Gasteiger partial charge in [0.15, 0.2) is 0 Å². The van der Waals surface area contributed by atoms with Crippen LogP contribution >= 0.6 is 0 Å². The number of pyridine rings is 1. The molecule has 1 atom stereocenters. The molecule has 0 spiro atoms. The lowest BCUT2D eigenvalue weighted by atomic mass is 10.1. The zero-order chi connectivity index (χ0) is 22.5. The molecule has 0 saturated carbocycles. The van der Waals surface area contributed by atoms with Crippen molar-refractivity contribution in [3.63, 3.8) is 0 Å². The number of ether oxygens (including phenoxy) is 1. The first kappa shape index (κ1) is 21.2. The van der Waals surface area contributed by atoms with E-state index in [1.54, 1.807) is 19.1 Å². The van der Waals surface area contributed by atoms with Crippen molar-refractivity contribution in [3.05, 3.63) is 47.2 Å². The minimum atomic E-state index is -0.898. The molecule has 4 amide bonds. The number of carbonyl (C=O) groups is 4. The van der Waals surface area contributed by atoms with Crippen LogP contribution in [0.15, 0.2) is 50.8 Å². The Kier molecular flexibility index (Phi) is 6.10. The predicted molar refractivity (Wildman–Crippen MR) is 109 cm³/mol. The molecule has 1 unspecified atom stereocenters. The summed E-state index contributed by atoms with van der Waals surface area (Å²) in [5.74, 6) is -1.92. The third-order valence-corrected chi connectivity index (χ3v) is 4.21. The van der Waals surface area contributed by atoms with Crippen LogP contribution in [0, 0.1) is 0 Å². The number of anilines is 1. The number of aromatic nitrogens is 1. The third kappa shape index (κ3) is 4.12. The minimum absolute atomic E-state index is 0.0282. The molecule has 3 rings (SSSR count). The molecule has 160 valence electrons. The average molecular weight is 426 g/mol. The van der Waals surface area contributed by atoms with Crippen LogP contribution in [0.5, 0.6) is 0 Å². The lowest BCUT2D eigenvalue weighted by molar-refractivity contribution is -0.116. The van der Waals surface area contributed by atoms with Crippen LogP contribution in [0.3, 0.4) is 0 Å². The van der Waals surface area contributed by atoms with Crippen molar-refractivity contribution < 1.29 is 28.3 Å². The van der Waals surface area contributed by atoms with Gasteiger partial charge in [0.2, 0.25) is 36.0 Å². The maximum absolute atomic E-state index is 12.8. The Balaban J connectivity index is 1.92. The maximum Gasteiger partial charge on any atom is 0.289 e. The number of nitrogens with zero attached hydrogens (tertiary/aromatic N) is 2. The van der Waals surface area contributed by atoms with Crippen LogP contribution in [0.25, 0.3) is 11.1 Å². The van der Waals surface area contributed by atoms with Gasteiger partial charge in [-0.25, -0.2) is 4.98 Å². The molecule has 1 aliphatic heterocycles. The number of hydrogen-bond donors (Lipinski definition) is 4. The van der Waals surface area contributed by atoms with Gasteiger partial charge >= 0.3 is 0 Å².